The summed E-state index contributed by atoms with van der Waals surface area (Å²) in [6, 6.07) is 35.5. The third-order valence-electron chi connectivity index (χ3n) is 20.8. The van der Waals surface area contributed by atoms with E-state index in [4.69, 9.17) is 119 Å². The fourth-order valence-corrected chi connectivity index (χ4v) is 21.1. The van der Waals surface area contributed by atoms with Crippen molar-refractivity contribution in [1.29, 1.82) is 0 Å². The van der Waals surface area contributed by atoms with Gasteiger partial charge in [-0.2, -0.15) is 26.3 Å². The summed E-state index contributed by atoms with van der Waals surface area (Å²) in [4.78, 5) is 44.0. The van der Waals surface area contributed by atoms with E-state index in [2.05, 4.69) is 18.9 Å². The summed E-state index contributed by atoms with van der Waals surface area (Å²) >= 11 is 36.0. The van der Waals surface area contributed by atoms with Gasteiger partial charge in [0.15, 0.2) is 12.2 Å². The maximum Gasteiger partial charge on any atom is 0.418 e. The molecular weight excluding hydrogens is 2210 g/mol. The number of ether oxygens (including phenoxy) is 2. The molecule has 0 saturated carbocycles. The highest BCUT2D eigenvalue weighted by Crippen LogP contribution is 2.41. The van der Waals surface area contributed by atoms with Gasteiger partial charge in [0.1, 0.15) is 84.4 Å². The van der Waals surface area contributed by atoms with E-state index in [0.717, 1.165) is 88.3 Å². The van der Waals surface area contributed by atoms with Crippen molar-refractivity contribution >= 4 is 175 Å². The number of methoxy groups -OCH3 is 1. The van der Waals surface area contributed by atoms with E-state index in [0.29, 0.717) is 115 Å². The topological polar surface area (TPSA) is 524 Å². The molecule has 1 aliphatic heterocycles. The van der Waals surface area contributed by atoms with Gasteiger partial charge in [-0.1, -0.05) is 77.0 Å². The molecule has 2 radical (unpaired) electrons. The first kappa shape index (κ1) is 130. The van der Waals surface area contributed by atoms with E-state index in [1.165, 1.54) is 96.6 Å². The second-order valence-corrected chi connectivity index (χ2v) is 43.6. The number of benzene rings is 6. The van der Waals surface area contributed by atoms with Crippen LogP contribution < -0.4 is 28.3 Å². The standard InChI is InChI=1S/2C15H15ClF3NO4S.C15H16ClNO5S.C14H14ClNO5S.2C14H14ClNO4S.C4H7BO.CH4O.CH4.ClH/c2*1-20-25(22,23)13-8-11(14(21)15(17,18)19)9(7-12(13)16)4-5-10-3-2-6-24-10;1-17-23(19,20)14-9-12(15(18)21-2)10(8-13(14)16)5-6-11-4-3-7-22-11;1-16-22(19,20)13-8-11(14(17)18)9(7-12(13)15)4-5-10-3-2-6-21-10;2*1-16-21(18,19)14-8-11(9-17)10(7-13(14)15)4-5-12-3-2-6-20-12;5-4-2-1-3-6-4;1-2;;/h2*2-3,6-8,14,20-21H,4-5H2,1H3;3-4,7-9,17H,5-6H2,1-2H3;2-3,6-8,16H,4-5H2,1H3,(H,17,18);2*2-3,6-9,16H,4-5H2,1H3;4H,1-3H2;2H,1H3;1H4;1H. The van der Waals surface area contributed by atoms with E-state index in [1.54, 1.807) is 73.4 Å². The van der Waals surface area contributed by atoms with Crippen LogP contribution in [0.5, 0.6) is 0 Å². The molecule has 0 bridgehead atoms. The van der Waals surface area contributed by atoms with Gasteiger partial charge in [-0.3, -0.25) is 9.59 Å². The predicted molar refractivity (Wildman–Crippen MR) is 541 cm³/mol. The van der Waals surface area contributed by atoms with Crippen molar-refractivity contribution in [1.82, 2.24) is 28.3 Å². The first-order chi connectivity index (χ1) is 68.2. The van der Waals surface area contributed by atoms with Crippen LogP contribution >= 0.6 is 82.0 Å². The number of nitrogens with one attached hydrogen (secondary N) is 6. The van der Waals surface area contributed by atoms with Crippen molar-refractivity contribution in [3.8, 4) is 0 Å². The number of carbonyl (C=O) groups is 4. The minimum absolute atomic E-state index is 0. The Hall–Kier alpha value is -9.75. The summed E-state index contributed by atoms with van der Waals surface area (Å²) in [5, 5.41) is 35.3. The molecule has 6 aromatic heterocycles. The molecule has 54 heteroatoms. The lowest BCUT2D eigenvalue weighted by Crippen LogP contribution is -2.24. The number of carboxylic acid groups (broad SMARTS) is 1. The molecule has 10 N–H and O–H groups in total. The third-order valence-corrected chi connectivity index (χ3v) is 32.1. The van der Waals surface area contributed by atoms with Crippen LogP contribution in [0.4, 0.5) is 26.3 Å². The number of halogens is 13. The molecule has 3 atom stereocenters. The molecule has 12 aromatic rings. The quantitative estimate of drug-likeness (QED) is 0.00754. The van der Waals surface area contributed by atoms with E-state index in [1.807, 2.05) is 27.6 Å². The highest BCUT2D eigenvalue weighted by atomic mass is 35.5. The number of esters is 1. The maximum absolute atomic E-state index is 13.0. The smallest absolute Gasteiger partial charge is 0.418 e. The number of alkyl halides is 6. The Morgan fingerprint density at radius 3 is 0.823 bits per heavy atom. The van der Waals surface area contributed by atoms with E-state index >= 15 is 0 Å². The third kappa shape index (κ3) is 38.3. The monoisotopic (exact) mass is 2310 g/mol. The minimum Gasteiger partial charge on any atom is -0.478 e. The highest BCUT2D eigenvalue weighted by molar-refractivity contribution is 7.91. The normalized spacial score (nSPS) is 13.0. The van der Waals surface area contributed by atoms with Crippen LogP contribution in [0.15, 0.2) is 239 Å². The molecule has 13 rings (SSSR count). The van der Waals surface area contributed by atoms with E-state index < -0.39 is 118 Å². The molecule has 1 fully saturated rings. The zero-order valence-electron chi connectivity index (χ0n) is 78.4. The zero-order chi connectivity index (χ0) is 108. The Morgan fingerprint density at radius 1 is 0.395 bits per heavy atom. The number of aldehydes is 2. The molecule has 0 spiro atoms. The van der Waals surface area contributed by atoms with Gasteiger partial charge in [0.25, 0.3) is 0 Å². The number of carboxylic acids is 1. The summed E-state index contributed by atoms with van der Waals surface area (Å²) < 4.78 is 274. The number of aromatic carboxylic acids is 1. The SMILES string of the molecule is C.CNS(=O)(=O)c1cc(C(=O)O)c(CCc2ccco2)cc1Cl.CNS(=O)(=O)c1cc(C(=O)OC)c(CCc2ccco2)cc1Cl.CNS(=O)(=O)c1cc(C(O)C(F)(F)F)c(CCc2ccco2)cc1Cl.CNS(=O)(=O)c1cc(C(O)C(F)(F)F)c(CCc2ccco2)cc1Cl.CNS(=O)(=O)c1cc(C=O)c(CCc2ccco2)cc1Cl.CNS(=O)(=O)c1cc(C=O)c(CCc2ccco2)cc1Cl.CO.Cl.[B]C1CCCO1. The lowest BCUT2D eigenvalue weighted by atomic mass is 9.97. The number of furan rings is 6. The predicted octanol–water partition coefficient (Wildman–Crippen LogP) is 17.0. The Kier molecular flexibility index (Phi) is 52.6. The summed E-state index contributed by atoms with van der Waals surface area (Å²) in [6.07, 6.45) is 1.77. The van der Waals surface area contributed by atoms with Gasteiger partial charge >= 0.3 is 24.3 Å². The maximum atomic E-state index is 13.0. The largest absolute Gasteiger partial charge is 0.478 e. The van der Waals surface area contributed by atoms with Crippen LogP contribution in [-0.2, 0) is 147 Å². The molecule has 147 heavy (non-hydrogen) atoms. The molecule has 34 nitrogen and oxygen atoms in total. The number of sulfonamides is 6. The summed E-state index contributed by atoms with van der Waals surface area (Å²) in [7, 11) is -8.31. The number of aliphatic hydroxyl groups excluding tert-OH is 3. The Bertz CT molecular complexity index is 6740. The van der Waals surface area contributed by atoms with Gasteiger partial charge in [-0.15, -0.1) is 12.4 Å². The second kappa shape index (κ2) is 59.7. The summed E-state index contributed by atoms with van der Waals surface area (Å²) in [5.74, 6) is 2.28. The van der Waals surface area contributed by atoms with Crippen molar-refractivity contribution < 1.29 is 152 Å². The van der Waals surface area contributed by atoms with Crippen LogP contribution in [-0.4, -0.2) is 185 Å². The number of carbonyl (C=O) groups excluding carboxylic acids is 3. The molecule has 0 amide bonds. The minimum atomic E-state index is -4.95. The number of hydrogen-bond donors (Lipinski definition) is 10. The highest BCUT2D eigenvalue weighted by Gasteiger charge is 2.43. The number of hydrogen-bond acceptors (Lipinski definition) is 27. The fourth-order valence-electron chi connectivity index (χ4n) is 13.3. The van der Waals surface area contributed by atoms with Crippen molar-refractivity contribution in [2.75, 3.05) is 63.1 Å². The average molecular weight is 2320 g/mol. The van der Waals surface area contributed by atoms with Crippen LogP contribution in [0.1, 0.15) is 153 Å². The second-order valence-electron chi connectivity index (χ2n) is 30.0. The molecule has 0 aliphatic carbocycles. The first-order valence-corrected chi connectivity index (χ1v) is 53.6. The first-order valence-electron chi connectivity index (χ1n) is 42.4. The van der Waals surface area contributed by atoms with Crippen LogP contribution in [0.2, 0.25) is 30.1 Å². The van der Waals surface area contributed by atoms with Gasteiger partial charge in [-0.25, -0.2) is 88.4 Å². The zero-order valence-corrected chi connectivity index (χ0v) is 88.6. The van der Waals surface area contributed by atoms with Crippen molar-refractivity contribution in [2.24, 2.45) is 0 Å². The van der Waals surface area contributed by atoms with Gasteiger partial charge in [-0.05, 0) is 284 Å². The Labute approximate surface area is 883 Å². The van der Waals surface area contributed by atoms with E-state index in [9.17, 15) is 111 Å². The van der Waals surface area contributed by atoms with Gasteiger partial charge < -0.3 is 56.4 Å². The lowest BCUT2D eigenvalue weighted by molar-refractivity contribution is -0.207. The summed E-state index contributed by atoms with van der Waals surface area (Å²) in [6.45, 7) is 0.862. The van der Waals surface area contributed by atoms with Crippen LogP contribution in [0.3, 0.4) is 0 Å². The molecule has 804 valence electrons. The Balaban J connectivity index is 0.000000361. The summed E-state index contributed by atoms with van der Waals surface area (Å²) in [5.41, 5.74) is 2.14. The van der Waals surface area contributed by atoms with E-state index in [-0.39, 0.29) is 123 Å². The molecule has 3 unspecified atom stereocenters. The van der Waals surface area contributed by atoms with Crippen molar-refractivity contribution in [2.45, 2.75) is 157 Å². The number of rotatable bonds is 36. The molecular formula is C93H104BCl7F6N6O28S6. The van der Waals surface area contributed by atoms with Crippen molar-refractivity contribution in [3.05, 3.63) is 315 Å². The average Bonchev–Trinajstić information content (AvgIpc) is 1.75. The molecule has 1 saturated heterocycles. The molecule has 1 aliphatic rings. The molecule has 6 aromatic carbocycles. The van der Waals surface area contributed by atoms with Gasteiger partial charge in [0.2, 0.25) is 60.1 Å². The molecule has 7 heterocycles. The fraction of sp³-hybridized carbons (Fsp3) is 0.312. The van der Waals surface area contributed by atoms with Crippen LogP contribution in [0, 0.1) is 0 Å². The van der Waals surface area contributed by atoms with Gasteiger partial charge in [0, 0.05) is 69.4 Å². The number of aryl methyl sites for hydroxylation is 12. The van der Waals surface area contributed by atoms with Gasteiger partial charge in [0.05, 0.1) is 86.0 Å². The number of aliphatic hydroxyl groups is 3. The van der Waals surface area contributed by atoms with Crippen LogP contribution in [0.25, 0.3) is 0 Å². The van der Waals surface area contributed by atoms with Crippen molar-refractivity contribution in [3.63, 3.8) is 0 Å². The lowest BCUT2D eigenvalue weighted by Gasteiger charge is -2.20. The Morgan fingerprint density at radius 2 is 0.619 bits per heavy atom.